The number of hydrogen-bond donors (Lipinski definition) is 1. The molecular weight excluding hydrogens is 388 g/mol. The third-order valence-corrected chi connectivity index (χ3v) is 8.09. The van der Waals surface area contributed by atoms with Gasteiger partial charge in [-0.25, -0.2) is 3.97 Å². The van der Waals surface area contributed by atoms with Crippen LogP contribution in [0.1, 0.15) is 62.2 Å². The first-order valence-electron chi connectivity index (χ1n) is 10.0. The molecule has 6 heteroatoms. The molecule has 0 amide bonds. The SMILES string of the molecule is CCC1=C(C)C2=C(c3cccc(N)c3)c3c(C)c(CC)c(C)n3S(F)(F)[N+]2=C1C. The molecule has 0 aliphatic carbocycles. The topological polar surface area (TPSA) is 34.0 Å². The van der Waals surface area contributed by atoms with E-state index < -0.39 is 11.2 Å². The number of aromatic nitrogens is 1. The van der Waals surface area contributed by atoms with Gasteiger partial charge >= 0.3 is 11.2 Å². The first kappa shape index (κ1) is 20.0. The summed E-state index contributed by atoms with van der Waals surface area (Å²) in [5.41, 5.74) is 15.0. The monoisotopic (exact) mass is 416 g/mol. The normalized spacial score (nSPS) is 19.0. The number of nitrogen functional groups attached to an aromatic ring is 1. The molecule has 0 spiro atoms. The van der Waals surface area contributed by atoms with Gasteiger partial charge < -0.3 is 5.73 Å². The molecule has 0 unspecified atom stereocenters. The Morgan fingerprint density at radius 1 is 1.07 bits per heavy atom. The molecule has 0 fully saturated rings. The highest BCUT2D eigenvalue weighted by Crippen LogP contribution is 2.65. The van der Waals surface area contributed by atoms with Crippen molar-refractivity contribution < 1.29 is 11.8 Å². The minimum absolute atomic E-state index is 0.631. The number of anilines is 1. The summed E-state index contributed by atoms with van der Waals surface area (Å²) in [6.45, 7) is 11.7. The minimum atomic E-state index is -4.26. The molecule has 29 heavy (non-hydrogen) atoms. The predicted molar refractivity (Wildman–Crippen MR) is 119 cm³/mol. The van der Waals surface area contributed by atoms with Crippen LogP contribution in [0.15, 0.2) is 41.1 Å². The van der Waals surface area contributed by atoms with Crippen molar-refractivity contribution in [2.75, 3.05) is 5.73 Å². The smallest absolute Gasteiger partial charge is 0.387 e. The molecule has 1 aromatic heterocycles. The number of rotatable bonds is 3. The molecular formula is C23H28F2N3S+. The van der Waals surface area contributed by atoms with Crippen molar-refractivity contribution in [3.05, 3.63) is 69.2 Å². The molecule has 0 saturated carbocycles. The maximum Gasteiger partial charge on any atom is 0.387 e. The average molecular weight is 417 g/mol. The molecule has 154 valence electrons. The van der Waals surface area contributed by atoms with Gasteiger partial charge in [-0.1, -0.05) is 37.7 Å². The van der Waals surface area contributed by atoms with Crippen molar-refractivity contribution >= 4 is 28.1 Å². The molecule has 2 aliphatic rings. The lowest BCUT2D eigenvalue weighted by Crippen LogP contribution is -2.27. The lowest BCUT2D eigenvalue weighted by Gasteiger charge is -2.29. The maximum absolute atomic E-state index is 16.1. The zero-order valence-electron chi connectivity index (χ0n) is 17.9. The van der Waals surface area contributed by atoms with Crippen molar-refractivity contribution in [3.63, 3.8) is 0 Å². The summed E-state index contributed by atoms with van der Waals surface area (Å²) in [5, 5.41) is 0. The summed E-state index contributed by atoms with van der Waals surface area (Å²) in [4.78, 5) is 0. The lowest BCUT2D eigenvalue weighted by molar-refractivity contribution is -0.304. The van der Waals surface area contributed by atoms with Gasteiger partial charge in [0.2, 0.25) is 11.4 Å². The summed E-state index contributed by atoms with van der Waals surface area (Å²) < 4.78 is 34.9. The van der Waals surface area contributed by atoms with E-state index in [1.165, 1.54) is 7.95 Å². The number of fused-ring (bicyclic) bond motifs is 2. The fraction of sp³-hybridized carbons (Fsp3) is 0.348. The average Bonchev–Trinajstić information content (AvgIpc) is 3.07. The van der Waals surface area contributed by atoms with Gasteiger partial charge in [0, 0.05) is 29.5 Å². The second-order valence-electron chi connectivity index (χ2n) is 7.79. The third-order valence-electron chi connectivity index (χ3n) is 6.30. The molecule has 2 aliphatic heterocycles. The fourth-order valence-corrected chi connectivity index (χ4v) is 6.98. The predicted octanol–water partition coefficient (Wildman–Crippen LogP) is 6.49. The van der Waals surface area contributed by atoms with Crippen LogP contribution in [0.2, 0.25) is 0 Å². The van der Waals surface area contributed by atoms with E-state index in [-0.39, 0.29) is 0 Å². The van der Waals surface area contributed by atoms with E-state index in [2.05, 4.69) is 0 Å². The second kappa shape index (κ2) is 6.59. The standard InChI is InChI=1S/C23H28F2N3S/c1-7-19-13(3)22-21(17-10-9-11-18(26)12-17)23-14(4)20(8-2)16(6)28(23)29(24,25)27(22)15(19)5/h9-12H,7-8,26H2,1-6H3/q+1. The maximum atomic E-state index is 16.1. The van der Waals surface area contributed by atoms with E-state index in [9.17, 15) is 0 Å². The van der Waals surface area contributed by atoms with Gasteiger partial charge in [-0.15, -0.1) is 0 Å². The Bertz CT molecular complexity index is 1150. The van der Waals surface area contributed by atoms with Crippen LogP contribution >= 0.6 is 11.2 Å². The highest BCUT2D eigenvalue weighted by Gasteiger charge is 2.55. The van der Waals surface area contributed by atoms with Gasteiger partial charge in [-0.05, 0) is 62.4 Å². The van der Waals surface area contributed by atoms with Crippen LogP contribution in [0.3, 0.4) is 0 Å². The number of hydrogen-bond acceptors (Lipinski definition) is 1. The van der Waals surface area contributed by atoms with E-state index in [4.69, 9.17) is 5.73 Å². The van der Waals surface area contributed by atoms with E-state index >= 15 is 7.77 Å². The van der Waals surface area contributed by atoms with Crippen molar-refractivity contribution in [1.29, 1.82) is 0 Å². The largest absolute Gasteiger partial charge is 0.399 e. The van der Waals surface area contributed by atoms with Crippen molar-refractivity contribution in [2.45, 2.75) is 54.4 Å². The van der Waals surface area contributed by atoms with Crippen LogP contribution in [0.25, 0.3) is 5.57 Å². The Morgan fingerprint density at radius 2 is 1.76 bits per heavy atom. The van der Waals surface area contributed by atoms with Crippen LogP contribution in [0.5, 0.6) is 0 Å². The van der Waals surface area contributed by atoms with Crippen LogP contribution in [-0.4, -0.2) is 13.7 Å². The van der Waals surface area contributed by atoms with E-state index in [0.717, 1.165) is 46.3 Å². The van der Waals surface area contributed by atoms with Gasteiger partial charge in [-0.2, -0.15) is 0 Å². The number of halogens is 2. The Morgan fingerprint density at radius 3 is 2.34 bits per heavy atom. The van der Waals surface area contributed by atoms with E-state index in [0.29, 0.717) is 28.5 Å². The second-order valence-corrected chi connectivity index (χ2v) is 9.35. The Balaban J connectivity index is 2.24. The quantitative estimate of drug-likeness (QED) is 0.450. The van der Waals surface area contributed by atoms with Gasteiger partial charge in [0.1, 0.15) is 0 Å². The number of benzene rings is 1. The molecule has 0 saturated heterocycles. The Kier molecular flexibility index (Phi) is 4.53. The molecule has 4 rings (SSSR count). The summed E-state index contributed by atoms with van der Waals surface area (Å²) >= 11 is -4.26. The van der Waals surface area contributed by atoms with Crippen molar-refractivity contribution in [2.24, 2.45) is 0 Å². The number of allylic oxidation sites excluding steroid dienone is 2. The van der Waals surface area contributed by atoms with Gasteiger partial charge in [0.15, 0.2) is 0 Å². The minimum Gasteiger partial charge on any atom is -0.399 e. The lowest BCUT2D eigenvalue weighted by atomic mass is 9.93. The third kappa shape index (κ3) is 2.51. The zero-order chi connectivity index (χ0) is 21.2. The van der Waals surface area contributed by atoms with Crippen molar-refractivity contribution in [1.82, 2.24) is 3.97 Å². The highest BCUT2D eigenvalue weighted by molar-refractivity contribution is 8.18. The molecule has 3 heterocycles. The first-order chi connectivity index (χ1) is 13.7. The molecule has 2 N–H and O–H groups in total. The molecule has 0 atom stereocenters. The summed E-state index contributed by atoms with van der Waals surface area (Å²) in [6, 6.07) is 7.59. The van der Waals surface area contributed by atoms with Gasteiger partial charge in [-0.3, -0.25) is 0 Å². The molecule has 1 aromatic carbocycles. The van der Waals surface area contributed by atoms with Gasteiger partial charge in [0.25, 0.3) is 0 Å². The molecule has 0 bridgehead atoms. The van der Waals surface area contributed by atoms with E-state index in [1.807, 2.05) is 65.8 Å². The van der Waals surface area contributed by atoms with Crippen molar-refractivity contribution in [3.8, 4) is 0 Å². The molecule has 0 radical (unpaired) electrons. The molecule has 3 nitrogen and oxygen atoms in total. The number of nitrogens with two attached hydrogens (primary N) is 1. The summed E-state index contributed by atoms with van der Waals surface area (Å²) in [7, 11) is 0. The van der Waals surface area contributed by atoms with Crippen LogP contribution in [0, 0.1) is 13.8 Å². The summed E-state index contributed by atoms with van der Waals surface area (Å²) in [6.07, 6.45) is 1.45. The van der Waals surface area contributed by atoms with E-state index in [1.54, 1.807) is 0 Å². The Labute approximate surface area is 173 Å². The number of nitrogens with zero attached hydrogens (tertiary/aromatic N) is 2. The van der Waals surface area contributed by atoms with Crippen LogP contribution in [-0.2, 0) is 6.42 Å². The van der Waals surface area contributed by atoms with Crippen LogP contribution < -0.4 is 5.73 Å². The first-order valence-corrected chi connectivity index (χ1v) is 11.4. The highest BCUT2D eigenvalue weighted by atomic mass is 32.3. The fourth-order valence-electron chi connectivity index (χ4n) is 5.04. The van der Waals surface area contributed by atoms with Crippen LogP contribution in [0.4, 0.5) is 13.5 Å². The summed E-state index contributed by atoms with van der Waals surface area (Å²) in [5.74, 6) is 0. The Hall–Kier alpha value is -2.34. The van der Waals surface area contributed by atoms with Gasteiger partial charge in [0.05, 0.1) is 11.3 Å². The molecule has 2 aromatic rings. The zero-order valence-corrected chi connectivity index (χ0v) is 18.7.